The third kappa shape index (κ3) is 3.41. The van der Waals surface area contributed by atoms with E-state index in [4.69, 9.17) is 0 Å². The van der Waals surface area contributed by atoms with Crippen molar-refractivity contribution in [3.05, 3.63) is 17.5 Å². The SMILES string of the molecule is CN(C)C[C@]1(O)CCN(C(=O)c2cc(C(F)(F)F)n(C)n2)C1. The quantitative estimate of drug-likeness (QED) is 0.885. The number of aryl methyl sites for hydroxylation is 1. The van der Waals surface area contributed by atoms with E-state index in [0.717, 1.165) is 13.1 Å². The van der Waals surface area contributed by atoms with Crippen LogP contribution in [0.3, 0.4) is 0 Å². The van der Waals surface area contributed by atoms with E-state index in [9.17, 15) is 23.1 Å². The molecular weight excluding hydrogens is 301 g/mol. The molecule has 9 heteroatoms. The highest BCUT2D eigenvalue weighted by Gasteiger charge is 2.41. The average Bonchev–Trinajstić information content (AvgIpc) is 2.90. The fraction of sp³-hybridized carbons (Fsp3) is 0.692. The van der Waals surface area contributed by atoms with Crippen LogP contribution in [0.4, 0.5) is 13.2 Å². The van der Waals surface area contributed by atoms with Crippen molar-refractivity contribution >= 4 is 5.91 Å². The van der Waals surface area contributed by atoms with Gasteiger partial charge in [0.05, 0.1) is 12.1 Å². The highest BCUT2D eigenvalue weighted by Crippen LogP contribution is 2.30. The van der Waals surface area contributed by atoms with Gasteiger partial charge in [-0.3, -0.25) is 9.48 Å². The van der Waals surface area contributed by atoms with Crippen molar-refractivity contribution < 1.29 is 23.1 Å². The Morgan fingerprint density at radius 2 is 2.14 bits per heavy atom. The minimum Gasteiger partial charge on any atom is -0.387 e. The number of likely N-dealkylation sites (N-methyl/N-ethyl adjacent to an activating group) is 1. The second-order valence-electron chi connectivity index (χ2n) is 5.98. The van der Waals surface area contributed by atoms with Crippen molar-refractivity contribution in [1.82, 2.24) is 19.6 Å². The van der Waals surface area contributed by atoms with Crippen molar-refractivity contribution in [3.8, 4) is 0 Å². The standard InChI is InChI=1S/C13H19F3N4O2/c1-18(2)7-12(22)4-5-20(8-12)11(21)9-6-10(13(14,15)16)19(3)17-9/h6,22H,4-5,7-8H2,1-3H3/t12-/m1/s1. The number of carbonyl (C=O) groups excluding carboxylic acids is 1. The number of alkyl halides is 3. The summed E-state index contributed by atoms with van der Waals surface area (Å²) < 4.78 is 38.9. The highest BCUT2D eigenvalue weighted by atomic mass is 19.4. The number of halogens is 3. The lowest BCUT2D eigenvalue weighted by Crippen LogP contribution is -2.43. The lowest BCUT2D eigenvalue weighted by Gasteiger charge is -2.26. The molecule has 0 saturated carbocycles. The zero-order valence-electron chi connectivity index (χ0n) is 12.7. The van der Waals surface area contributed by atoms with Gasteiger partial charge in [0.15, 0.2) is 5.69 Å². The number of carbonyl (C=O) groups is 1. The number of rotatable bonds is 3. The van der Waals surface area contributed by atoms with E-state index >= 15 is 0 Å². The molecule has 0 radical (unpaired) electrons. The van der Waals surface area contributed by atoms with Crippen molar-refractivity contribution in [2.75, 3.05) is 33.7 Å². The van der Waals surface area contributed by atoms with Crippen LogP contribution >= 0.6 is 0 Å². The summed E-state index contributed by atoms with van der Waals surface area (Å²) in [7, 11) is 4.75. The Labute approximate surface area is 126 Å². The first kappa shape index (κ1) is 16.8. The number of amides is 1. The molecule has 124 valence electrons. The molecule has 0 spiro atoms. The summed E-state index contributed by atoms with van der Waals surface area (Å²) in [5.74, 6) is -0.596. The van der Waals surface area contributed by atoms with Crippen LogP contribution in [0.1, 0.15) is 22.6 Å². The van der Waals surface area contributed by atoms with Crippen molar-refractivity contribution in [2.24, 2.45) is 7.05 Å². The highest BCUT2D eigenvalue weighted by molar-refractivity contribution is 5.92. The van der Waals surface area contributed by atoms with Crippen molar-refractivity contribution in [1.29, 1.82) is 0 Å². The van der Waals surface area contributed by atoms with Crippen LogP contribution in [-0.4, -0.2) is 69.9 Å². The zero-order chi connectivity index (χ0) is 16.7. The van der Waals surface area contributed by atoms with Crippen LogP contribution in [0.15, 0.2) is 6.07 Å². The van der Waals surface area contributed by atoms with E-state index in [0.29, 0.717) is 24.2 Å². The van der Waals surface area contributed by atoms with Gasteiger partial charge < -0.3 is 14.9 Å². The molecule has 0 bridgehead atoms. The molecule has 0 aromatic carbocycles. The summed E-state index contributed by atoms with van der Waals surface area (Å²) in [5, 5.41) is 14.0. The van der Waals surface area contributed by atoms with Crippen LogP contribution in [0.5, 0.6) is 0 Å². The van der Waals surface area contributed by atoms with Gasteiger partial charge in [-0.25, -0.2) is 0 Å². The molecule has 0 unspecified atom stereocenters. The maximum Gasteiger partial charge on any atom is 0.433 e. The third-order valence-corrected chi connectivity index (χ3v) is 3.62. The van der Waals surface area contributed by atoms with Gasteiger partial charge in [-0.2, -0.15) is 18.3 Å². The molecule has 6 nitrogen and oxygen atoms in total. The number of nitrogens with zero attached hydrogens (tertiary/aromatic N) is 4. The van der Waals surface area contributed by atoms with Gasteiger partial charge >= 0.3 is 6.18 Å². The summed E-state index contributed by atoms with van der Waals surface area (Å²) >= 11 is 0. The molecule has 0 aliphatic carbocycles. The first-order valence-electron chi connectivity index (χ1n) is 6.79. The molecule has 1 aliphatic heterocycles. The molecule has 2 heterocycles. The largest absolute Gasteiger partial charge is 0.433 e. The van der Waals surface area contributed by atoms with Crippen molar-refractivity contribution in [3.63, 3.8) is 0 Å². The predicted octanol–water partition coefficient (Wildman–Crippen LogP) is 0.577. The number of aromatic nitrogens is 2. The summed E-state index contributed by atoms with van der Waals surface area (Å²) in [6.45, 7) is 0.760. The number of β-amino-alcohol motifs (C(OH)–C–C–N with tert-alkyl or cyclic N) is 1. The topological polar surface area (TPSA) is 61.6 Å². The second kappa shape index (κ2) is 5.54. The van der Waals surface area contributed by atoms with Gasteiger partial charge in [0, 0.05) is 26.2 Å². The van der Waals surface area contributed by atoms with Gasteiger partial charge in [0.1, 0.15) is 5.69 Å². The molecule has 1 fully saturated rings. The van der Waals surface area contributed by atoms with Gasteiger partial charge in [-0.15, -0.1) is 0 Å². The molecule has 1 aliphatic rings. The summed E-state index contributed by atoms with van der Waals surface area (Å²) in [5.41, 5.74) is -2.27. The van der Waals surface area contributed by atoms with E-state index < -0.39 is 23.4 Å². The Morgan fingerprint density at radius 3 is 2.64 bits per heavy atom. The molecule has 1 atom stereocenters. The van der Waals surface area contributed by atoms with Gasteiger partial charge in [-0.1, -0.05) is 0 Å². The fourth-order valence-corrected chi connectivity index (χ4v) is 2.75. The molecule has 1 saturated heterocycles. The molecule has 1 aromatic heterocycles. The average molecular weight is 320 g/mol. The van der Waals surface area contributed by atoms with Crippen LogP contribution in [-0.2, 0) is 13.2 Å². The molecule has 1 amide bonds. The fourth-order valence-electron chi connectivity index (χ4n) is 2.75. The Kier molecular flexibility index (Phi) is 4.22. The van der Waals surface area contributed by atoms with Crippen LogP contribution in [0.2, 0.25) is 0 Å². The summed E-state index contributed by atoms with van der Waals surface area (Å²) in [4.78, 5) is 15.4. The van der Waals surface area contributed by atoms with E-state index in [1.54, 1.807) is 19.0 Å². The Hall–Kier alpha value is -1.61. The normalized spacial score (nSPS) is 22.6. The maximum absolute atomic E-state index is 12.7. The van der Waals surface area contributed by atoms with Gasteiger partial charge in [0.2, 0.25) is 0 Å². The van der Waals surface area contributed by atoms with E-state index in [-0.39, 0.29) is 12.2 Å². The minimum absolute atomic E-state index is 0.0853. The Bertz CT molecular complexity index is 570. The Balaban J connectivity index is 2.14. The summed E-state index contributed by atoms with van der Waals surface area (Å²) in [6, 6.07) is 0.742. The number of aliphatic hydroxyl groups is 1. The lowest BCUT2D eigenvalue weighted by atomic mass is 10.0. The Morgan fingerprint density at radius 1 is 1.50 bits per heavy atom. The number of likely N-dealkylation sites (tertiary alicyclic amines) is 1. The minimum atomic E-state index is -4.56. The summed E-state index contributed by atoms with van der Waals surface area (Å²) in [6.07, 6.45) is -4.17. The third-order valence-electron chi connectivity index (χ3n) is 3.62. The van der Waals surface area contributed by atoms with Crippen LogP contribution in [0.25, 0.3) is 0 Å². The number of hydrogen-bond donors (Lipinski definition) is 1. The van der Waals surface area contributed by atoms with Gasteiger partial charge in [0.25, 0.3) is 5.91 Å². The zero-order valence-corrected chi connectivity index (χ0v) is 12.7. The molecule has 1 aromatic rings. The van der Waals surface area contributed by atoms with E-state index in [1.807, 2.05) is 0 Å². The first-order valence-corrected chi connectivity index (χ1v) is 6.79. The van der Waals surface area contributed by atoms with Crippen LogP contribution < -0.4 is 0 Å². The molecule has 22 heavy (non-hydrogen) atoms. The molecule has 1 N–H and O–H groups in total. The molecular formula is C13H19F3N4O2. The van der Waals surface area contributed by atoms with E-state index in [2.05, 4.69) is 5.10 Å². The van der Waals surface area contributed by atoms with Crippen molar-refractivity contribution in [2.45, 2.75) is 18.2 Å². The lowest BCUT2D eigenvalue weighted by molar-refractivity contribution is -0.143. The van der Waals surface area contributed by atoms with Crippen LogP contribution in [0, 0.1) is 0 Å². The first-order chi connectivity index (χ1) is 10.0. The molecule has 2 rings (SSSR count). The monoisotopic (exact) mass is 320 g/mol. The van der Waals surface area contributed by atoms with E-state index in [1.165, 1.54) is 4.90 Å². The van der Waals surface area contributed by atoms with Gasteiger partial charge in [-0.05, 0) is 20.5 Å². The smallest absolute Gasteiger partial charge is 0.387 e. The maximum atomic E-state index is 12.7. The predicted molar refractivity (Wildman–Crippen MR) is 72.2 cm³/mol. The second-order valence-corrected chi connectivity index (χ2v) is 5.98. The number of hydrogen-bond acceptors (Lipinski definition) is 4.